The summed E-state index contributed by atoms with van der Waals surface area (Å²) in [4.78, 5) is 28.5. The summed E-state index contributed by atoms with van der Waals surface area (Å²) >= 11 is 0. The van der Waals surface area contributed by atoms with Gasteiger partial charge in [-0.2, -0.15) is 0 Å². The maximum atomic E-state index is 15.3. The van der Waals surface area contributed by atoms with Gasteiger partial charge >= 0.3 is 5.97 Å². The number of aromatic nitrogens is 1. The fraction of sp³-hybridized carbons (Fsp3) is 0.227. The molecule has 0 unspecified atom stereocenters. The van der Waals surface area contributed by atoms with Crippen molar-refractivity contribution in [2.24, 2.45) is 10.7 Å². The average Bonchev–Trinajstić information content (AvgIpc) is 3.50. The number of halogens is 1. The van der Waals surface area contributed by atoms with Gasteiger partial charge in [-0.3, -0.25) is 9.79 Å². The number of fused-ring (bicyclic) bond motifs is 2. The van der Waals surface area contributed by atoms with Crippen molar-refractivity contribution in [2.75, 3.05) is 7.11 Å². The molecule has 0 spiro atoms. The molecule has 0 amide bonds. The van der Waals surface area contributed by atoms with Crippen molar-refractivity contribution in [3.8, 4) is 16.9 Å². The Bertz CT molecular complexity index is 1340. The normalized spacial score (nSPS) is 15.2. The Kier molecular flexibility index (Phi) is 3.92. The molecule has 8 heteroatoms. The van der Waals surface area contributed by atoms with Gasteiger partial charge in [0.15, 0.2) is 5.75 Å². The zero-order valence-electron chi connectivity index (χ0n) is 16.1. The monoisotopic (exact) mass is 407 g/mol. The largest absolute Gasteiger partial charge is 0.494 e. The van der Waals surface area contributed by atoms with Gasteiger partial charge in [0.05, 0.1) is 30.1 Å². The SMILES string of the molecule is COc1c(-c2ccc3c(c2)CN=C3N)c(F)cc2c(=O)c(C(=O)O)cn(C3CC3)c12. The van der Waals surface area contributed by atoms with Gasteiger partial charge in [0.1, 0.15) is 17.2 Å². The minimum Gasteiger partial charge on any atom is -0.494 e. The fourth-order valence-corrected chi connectivity index (χ4v) is 4.10. The summed E-state index contributed by atoms with van der Waals surface area (Å²) in [5, 5.41) is 9.43. The molecule has 1 aromatic heterocycles. The number of carboxylic acid groups (broad SMARTS) is 1. The van der Waals surface area contributed by atoms with Crippen LogP contribution in [0.5, 0.6) is 5.75 Å². The van der Waals surface area contributed by atoms with Gasteiger partial charge in [0.25, 0.3) is 0 Å². The number of ether oxygens (including phenoxy) is 1. The lowest BCUT2D eigenvalue weighted by molar-refractivity contribution is 0.0695. The highest BCUT2D eigenvalue weighted by atomic mass is 19.1. The Balaban J connectivity index is 1.84. The van der Waals surface area contributed by atoms with Crippen molar-refractivity contribution in [1.82, 2.24) is 4.57 Å². The molecule has 7 nitrogen and oxygen atoms in total. The van der Waals surface area contributed by atoms with Crippen molar-refractivity contribution in [3.05, 3.63) is 63.2 Å². The zero-order valence-corrected chi connectivity index (χ0v) is 16.1. The van der Waals surface area contributed by atoms with Crippen molar-refractivity contribution in [3.63, 3.8) is 0 Å². The number of hydrogen-bond acceptors (Lipinski definition) is 5. The maximum Gasteiger partial charge on any atom is 0.341 e. The van der Waals surface area contributed by atoms with Crippen LogP contribution in [-0.2, 0) is 6.54 Å². The van der Waals surface area contributed by atoms with E-state index in [0.717, 1.165) is 30.0 Å². The second-order valence-corrected chi connectivity index (χ2v) is 7.55. The molecule has 3 N–H and O–H groups in total. The molecular weight excluding hydrogens is 389 g/mol. The summed E-state index contributed by atoms with van der Waals surface area (Å²) < 4.78 is 22.7. The van der Waals surface area contributed by atoms with Crippen LogP contribution in [0.15, 0.2) is 40.2 Å². The van der Waals surface area contributed by atoms with Gasteiger partial charge in [0, 0.05) is 17.8 Å². The van der Waals surface area contributed by atoms with Crippen LogP contribution in [0.1, 0.15) is 40.4 Å². The summed E-state index contributed by atoms with van der Waals surface area (Å²) in [5.41, 5.74) is 7.67. The van der Waals surface area contributed by atoms with Crippen molar-refractivity contribution >= 4 is 22.7 Å². The number of amidine groups is 1. The minimum absolute atomic E-state index is 0.00589. The summed E-state index contributed by atoms with van der Waals surface area (Å²) in [7, 11) is 1.42. The Labute approximate surface area is 170 Å². The smallest absolute Gasteiger partial charge is 0.341 e. The Morgan fingerprint density at radius 3 is 2.77 bits per heavy atom. The Morgan fingerprint density at radius 2 is 2.10 bits per heavy atom. The van der Waals surface area contributed by atoms with Crippen LogP contribution in [0, 0.1) is 5.82 Å². The highest BCUT2D eigenvalue weighted by Crippen LogP contribution is 2.44. The first-order valence-electron chi connectivity index (χ1n) is 9.53. The highest BCUT2D eigenvalue weighted by molar-refractivity contribution is 6.02. The van der Waals surface area contributed by atoms with Crippen LogP contribution in [0.4, 0.5) is 4.39 Å². The number of pyridine rings is 1. The molecule has 2 aromatic carbocycles. The number of hydrogen-bond donors (Lipinski definition) is 2. The van der Waals surface area contributed by atoms with E-state index in [1.165, 1.54) is 13.3 Å². The maximum absolute atomic E-state index is 15.3. The quantitative estimate of drug-likeness (QED) is 0.691. The van der Waals surface area contributed by atoms with Gasteiger partial charge in [0.2, 0.25) is 5.43 Å². The Morgan fingerprint density at radius 1 is 1.33 bits per heavy atom. The van der Waals surface area contributed by atoms with E-state index >= 15 is 4.39 Å². The molecule has 5 rings (SSSR count). The highest BCUT2D eigenvalue weighted by Gasteiger charge is 2.30. The van der Waals surface area contributed by atoms with E-state index in [1.807, 2.05) is 6.07 Å². The number of carbonyl (C=O) groups is 1. The number of rotatable bonds is 4. The predicted molar refractivity (Wildman–Crippen MR) is 110 cm³/mol. The summed E-state index contributed by atoms with van der Waals surface area (Å²) in [6.07, 6.45) is 3.04. The van der Waals surface area contributed by atoms with E-state index in [4.69, 9.17) is 10.5 Å². The van der Waals surface area contributed by atoms with Crippen molar-refractivity contribution < 1.29 is 19.0 Å². The number of aliphatic imine (C=N–C) groups is 1. The van der Waals surface area contributed by atoms with E-state index in [1.54, 1.807) is 16.7 Å². The molecule has 3 aromatic rings. The topological polar surface area (TPSA) is 107 Å². The van der Waals surface area contributed by atoms with Gasteiger partial charge in [-0.25, -0.2) is 9.18 Å². The van der Waals surface area contributed by atoms with Crippen LogP contribution in [0.25, 0.3) is 22.0 Å². The van der Waals surface area contributed by atoms with E-state index in [2.05, 4.69) is 4.99 Å². The third-order valence-corrected chi connectivity index (χ3v) is 5.69. The van der Waals surface area contributed by atoms with Crippen LogP contribution in [-0.4, -0.2) is 28.6 Å². The zero-order chi connectivity index (χ0) is 21.2. The van der Waals surface area contributed by atoms with E-state index < -0.39 is 17.2 Å². The first-order valence-corrected chi connectivity index (χ1v) is 9.53. The Hall–Kier alpha value is -3.68. The first kappa shape index (κ1) is 18.4. The summed E-state index contributed by atoms with van der Waals surface area (Å²) in [5.74, 6) is -1.34. The third kappa shape index (κ3) is 2.60. The molecule has 0 saturated heterocycles. The number of aromatic carboxylic acids is 1. The molecule has 2 aliphatic rings. The molecule has 1 aliphatic carbocycles. The number of nitrogens with two attached hydrogens (primary N) is 1. The molecule has 0 atom stereocenters. The van der Waals surface area contributed by atoms with Gasteiger partial charge in [-0.1, -0.05) is 12.1 Å². The first-order chi connectivity index (χ1) is 14.4. The molecule has 30 heavy (non-hydrogen) atoms. The lowest BCUT2D eigenvalue weighted by atomic mass is 9.96. The average molecular weight is 407 g/mol. The van der Waals surface area contributed by atoms with Gasteiger partial charge in [-0.05, 0) is 36.1 Å². The van der Waals surface area contributed by atoms with Gasteiger partial charge < -0.3 is 20.1 Å². The second-order valence-electron chi connectivity index (χ2n) is 7.55. The third-order valence-electron chi connectivity index (χ3n) is 5.69. The molecular formula is C22H18FN3O4. The molecule has 152 valence electrons. The molecule has 1 aliphatic heterocycles. The molecule has 2 heterocycles. The summed E-state index contributed by atoms with van der Waals surface area (Å²) in [6, 6.07) is 6.51. The van der Waals surface area contributed by atoms with Gasteiger partial charge in [-0.15, -0.1) is 0 Å². The van der Waals surface area contributed by atoms with Crippen LogP contribution in [0.3, 0.4) is 0 Å². The van der Waals surface area contributed by atoms with E-state index in [0.29, 0.717) is 23.5 Å². The lowest BCUT2D eigenvalue weighted by Crippen LogP contribution is -2.19. The fourth-order valence-electron chi connectivity index (χ4n) is 4.10. The minimum atomic E-state index is -1.34. The van der Waals surface area contributed by atoms with Crippen molar-refractivity contribution in [1.29, 1.82) is 0 Å². The standard InChI is InChI=1S/C22H18FN3O4/c1-30-20-17(10-2-5-13-11(6-10)8-25-21(13)24)16(23)7-14-18(20)26(12-3-4-12)9-15(19(14)27)22(28)29/h2,5-7,9,12H,3-4,8H2,1H3,(H2,24,25)(H,28,29). The molecule has 0 bridgehead atoms. The number of methoxy groups -OCH3 is 1. The predicted octanol–water partition coefficient (Wildman–Crippen LogP) is 3.07. The van der Waals surface area contributed by atoms with Crippen LogP contribution in [0.2, 0.25) is 0 Å². The van der Waals surface area contributed by atoms with E-state index in [-0.39, 0.29) is 28.3 Å². The second kappa shape index (κ2) is 6.41. The number of nitrogens with zero attached hydrogens (tertiary/aromatic N) is 2. The number of carboxylic acids is 1. The summed E-state index contributed by atoms with van der Waals surface area (Å²) in [6.45, 7) is 0.418. The van der Waals surface area contributed by atoms with Crippen LogP contribution < -0.4 is 15.9 Å². The molecule has 1 fully saturated rings. The van der Waals surface area contributed by atoms with Crippen LogP contribution >= 0.6 is 0 Å². The van der Waals surface area contributed by atoms with Crippen molar-refractivity contribution in [2.45, 2.75) is 25.4 Å². The molecule has 0 radical (unpaired) electrons. The molecule has 1 saturated carbocycles. The lowest BCUT2D eigenvalue weighted by Gasteiger charge is -2.18. The number of benzene rings is 2. The van der Waals surface area contributed by atoms with E-state index in [9.17, 15) is 14.7 Å².